The maximum atomic E-state index is 11.5. The standard InChI is InChI=1S/C25H20ClNO5/c1-15(28)20-9-10-21(24(26)25(20)30)31-14-17-7-5-16(6-8-17)11-18-3-2-4-19(12-18)22-13-23(29)27-32-22/h2-10,12-13,30H,11,14H2,1H3,(H,27,29). The first-order valence-electron chi connectivity index (χ1n) is 9.88. The van der Waals surface area contributed by atoms with Gasteiger partial charge in [0.1, 0.15) is 23.1 Å². The van der Waals surface area contributed by atoms with Crippen molar-refractivity contribution in [3.05, 3.63) is 94.0 Å². The highest BCUT2D eigenvalue weighted by Gasteiger charge is 2.15. The number of phenolic OH excluding ortho intramolecular Hbond substituents is 1. The number of nitrogens with zero attached hydrogens (tertiary/aromatic N) is 1. The first-order valence-corrected chi connectivity index (χ1v) is 10.3. The molecule has 0 aliphatic carbocycles. The molecular formula is C25H20ClNO5. The van der Waals surface area contributed by atoms with Crippen LogP contribution in [0.2, 0.25) is 5.02 Å². The van der Waals surface area contributed by atoms with Gasteiger partial charge in [0.25, 0.3) is 5.88 Å². The Morgan fingerprint density at radius 3 is 2.44 bits per heavy atom. The Balaban J connectivity index is 1.41. The van der Waals surface area contributed by atoms with Gasteiger partial charge in [0, 0.05) is 11.6 Å². The number of Topliss-reactive ketones (excluding diaryl/α,β-unsaturated/α-hetero) is 1. The highest BCUT2D eigenvalue weighted by Crippen LogP contribution is 2.36. The molecule has 6 nitrogen and oxygen atoms in total. The second-order valence-corrected chi connectivity index (χ2v) is 7.74. The summed E-state index contributed by atoms with van der Waals surface area (Å²) in [4.78, 5) is 11.5. The van der Waals surface area contributed by atoms with Crippen molar-refractivity contribution in [2.24, 2.45) is 0 Å². The summed E-state index contributed by atoms with van der Waals surface area (Å²) in [6, 6.07) is 20.4. The topological polar surface area (TPSA) is 92.8 Å². The molecule has 4 aromatic rings. The van der Waals surface area contributed by atoms with Gasteiger partial charge >= 0.3 is 0 Å². The third-order valence-electron chi connectivity index (χ3n) is 4.99. The minimum atomic E-state index is -0.269. The van der Waals surface area contributed by atoms with Crippen LogP contribution in [0.15, 0.2) is 71.3 Å². The Kier molecular flexibility index (Phi) is 6.14. The number of halogens is 1. The lowest BCUT2D eigenvalue weighted by molar-refractivity contribution is 0.101. The zero-order valence-electron chi connectivity index (χ0n) is 17.2. The molecule has 0 spiro atoms. The van der Waals surface area contributed by atoms with Crippen molar-refractivity contribution in [3.8, 4) is 28.7 Å². The number of phenols is 1. The van der Waals surface area contributed by atoms with Crippen molar-refractivity contribution in [1.82, 2.24) is 5.16 Å². The lowest BCUT2D eigenvalue weighted by atomic mass is 10.0. The second-order valence-electron chi connectivity index (χ2n) is 7.36. The fraction of sp³-hybridized carbons (Fsp3) is 0.120. The lowest BCUT2D eigenvalue weighted by Gasteiger charge is -2.11. The van der Waals surface area contributed by atoms with E-state index < -0.39 is 0 Å². The molecule has 0 bridgehead atoms. The number of aromatic hydroxyl groups is 2. The molecule has 0 saturated heterocycles. The van der Waals surface area contributed by atoms with Crippen LogP contribution < -0.4 is 4.74 Å². The molecule has 4 rings (SSSR count). The molecule has 0 fully saturated rings. The van der Waals surface area contributed by atoms with Crippen LogP contribution in [0, 0.1) is 0 Å². The molecule has 0 atom stereocenters. The summed E-state index contributed by atoms with van der Waals surface area (Å²) in [6.45, 7) is 1.63. The van der Waals surface area contributed by atoms with E-state index in [0.717, 1.165) is 28.7 Å². The van der Waals surface area contributed by atoms with Crippen LogP contribution >= 0.6 is 11.6 Å². The predicted octanol–water partition coefficient (Wildman–Crippen LogP) is 5.78. The van der Waals surface area contributed by atoms with E-state index in [9.17, 15) is 15.0 Å². The number of aromatic nitrogens is 1. The van der Waals surface area contributed by atoms with Crippen molar-refractivity contribution in [2.45, 2.75) is 20.0 Å². The number of ketones is 1. The first-order chi connectivity index (χ1) is 15.4. The normalized spacial score (nSPS) is 10.8. The zero-order valence-corrected chi connectivity index (χ0v) is 18.0. The molecule has 0 unspecified atom stereocenters. The Bertz CT molecular complexity index is 1260. The Morgan fingerprint density at radius 2 is 1.75 bits per heavy atom. The van der Waals surface area contributed by atoms with E-state index in [0.29, 0.717) is 11.5 Å². The fourth-order valence-corrected chi connectivity index (χ4v) is 3.55. The number of ether oxygens (including phenoxy) is 1. The van der Waals surface area contributed by atoms with Crippen molar-refractivity contribution in [2.75, 3.05) is 0 Å². The zero-order chi connectivity index (χ0) is 22.7. The van der Waals surface area contributed by atoms with Gasteiger partial charge in [-0.05, 0) is 53.4 Å². The molecule has 0 amide bonds. The Morgan fingerprint density at radius 1 is 1.00 bits per heavy atom. The molecule has 0 saturated carbocycles. The van der Waals surface area contributed by atoms with E-state index in [2.05, 4.69) is 5.16 Å². The number of hydrogen-bond acceptors (Lipinski definition) is 6. The molecule has 0 radical (unpaired) electrons. The van der Waals surface area contributed by atoms with E-state index in [1.165, 1.54) is 19.1 Å². The average molecular weight is 450 g/mol. The van der Waals surface area contributed by atoms with E-state index in [-0.39, 0.29) is 34.6 Å². The highest BCUT2D eigenvalue weighted by atomic mass is 35.5. The van der Waals surface area contributed by atoms with Crippen molar-refractivity contribution in [1.29, 1.82) is 0 Å². The van der Waals surface area contributed by atoms with Crippen LogP contribution in [0.25, 0.3) is 11.3 Å². The van der Waals surface area contributed by atoms with Crippen LogP contribution in [-0.2, 0) is 13.0 Å². The summed E-state index contributed by atoms with van der Waals surface area (Å²) < 4.78 is 10.8. The van der Waals surface area contributed by atoms with Crippen molar-refractivity contribution < 1.29 is 24.3 Å². The smallest absolute Gasteiger partial charge is 0.252 e. The van der Waals surface area contributed by atoms with E-state index in [1.807, 2.05) is 48.5 Å². The van der Waals surface area contributed by atoms with Gasteiger partial charge in [0.05, 0.1) is 5.56 Å². The van der Waals surface area contributed by atoms with E-state index in [4.69, 9.17) is 20.9 Å². The predicted molar refractivity (Wildman–Crippen MR) is 120 cm³/mol. The molecule has 162 valence electrons. The third-order valence-corrected chi connectivity index (χ3v) is 5.36. The largest absolute Gasteiger partial charge is 0.505 e. The number of carbonyl (C=O) groups excluding carboxylic acids is 1. The first kappa shape index (κ1) is 21.5. The number of hydrogen-bond donors (Lipinski definition) is 2. The summed E-state index contributed by atoms with van der Waals surface area (Å²) in [6.07, 6.45) is 0.724. The maximum absolute atomic E-state index is 11.5. The van der Waals surface area contributed by atoms with Gasteiger partial charge in [-0.15, -0.1) is 0 Å². The molecule has 0 aliphatic heterocycles. The van der Waals surface area contributed by atoms with Gasteiger partial charge < -0.3 is 19.5 Å². The van der Waals surface area contributed by atoms with Crippen molar-refractivity contribution >= 4 is 17.4 Å². The van der Waals surface area contributed by atoms with Gasteiger partial charge in [-0.3, -0.25) is 4.79 Å². The van der Waals surface area contributed by atoms with Gasteiger partial charge in [0.2, 0.25) is 0 Å². The summed E-state index contributed by atoms with van der Waals surface area (Å²) in [5, 5.41) is 23.0. The van der Waals surface area contributed by atoms with Crippen molar-refractivity contribution in [3.63, 3.8) is 0 Å². The van der Waals surface area contributed by atoms with Crippen LogP contribution in [0.3, 0.4) is 0 Å². The van der Waals surface area contributed by atoms with Gasteiger partial charge in [-0.1, -0.05) is 54.1 Å². The number of carbonyl (C=O) groups is 1. The number of rotatable bonds is 7. The van der Waals surface area contributed by atoms with Crippen LogP contribution in [0.4, 0.5) is 0 Å². The molecule has 0 aliphatic rings. The fourth-order valence-electron chi connectivity index (χ4n) is 3.33. The molecule has 1 heterocycles. The monoisotopic (exact) mass is 449 g/mol. The van der Waals surface area contributed by atoms with Gasteiger partial charge in [-0.25, -0.2) is 0 Å². The molecular weight excluding hydrogens is 430 g/mol. The summed E-state index contributed by atoms with van der Waals surface area (Å²) in [5.74, 6) is 0.145. The molecule has 7 heteroatoms. The maximum Gasteiger partial charge on any atom is 0.252 e. The third kappa shape index (κ3) is 4.76. The highest BCUT2D eigenvalue weighted by molar-refractivity contribution is 6.34. The Labute approximate surface area is 189 Å². The quantitative estimate of drug-likeness (QED) is 0.347. The molecule has 32 heavy (non-hydrogen) atoms. The van der Waals surface area contributed by atoms with Crippen LogP contribution in [0.5, 0.6) is 17.4 Å². The summed E-state index contributed by atoms with van der Waals surface area (Å²) in [7, 11) is 0. The Hall–Kier alpha value is -3.77. The van der Waals surface area contributed by atoms with Gasteiger partial charge in [0.15, 0.2) is 11.5 Å². The molecule has 1 aromatic heterocycles. The summed E-state index contributed by atoms with van der Waals surface area (Å²) in [5.41, 5.74) is 4.15. The number of benzene rings is 3. The summed E-state index contributed by atoms with van der Waals surface area (Å²) >= 11 is 6.13. The average Bonchev–Trinajstić information content (AvgIpc) is 3.22. The second kappa shape index (κ2) is 9.16. The van der Waals surface area contributed by atoms with Crippen LogP contribution in [-0.4, -0.2) is 21.2 Å². The molecule has 2 N–H and O–H groups in total. The minimum Gasteiger partial charge on any atom is -0.505 e. The minimum absolute atomic E-state index is 0.0225. The molecule has 3 aromatic carbocycles. The SMILES string of the molecule is CC(=O)c1ccc(OCc2ccc(Cc3cccc(-c4cc(O)no4)c3)cc2)c(Cl)c1O. The van der Waals surface area contributed by atoms with E-state index >= 15 is 0 Å². The van der Waals surface area contributed by atoms with Gasteiger partial charge in [-0.2, -0.15) is 0 Å². The van der Waals surface area contributed by atoms with E-state index in [1.54, 1.807) is 6.07 Å². The van der Waals surface area contributed by atoms with Crippen LogP contribution in [0.1, 0.15) is 34.0 Å². The lowest BCUT2D eigenvalue weighted by Crippen LogP contribution is -1.99.